The second kappa shape index (κ2) is 87.8. The molecule has 2 atom stereocenters. The summed E-state index contributed by atoms with van der Waals surface area (Å²) in [7, 11) is 6.00. The average Bonchev–Trinajstić information content (AvgIpc) is 0.965. The molecule has 622 valence electrons. The SMILES string of the molecule is CC/C=C\C/C=C\C/C=C\C/C=C\C/C=C\C/C=C\CCCCCCCCCCCCCCCCCCCCCCCCC(=O)OC(COC(=O)CCCCCCCCCCCCCCCCCCCCCCCCCCCCCCC/C=C\C/C=C\CCCCCCC)COC(OCC[N+](C)(C)C)C(=O)O. The Morgan fingerprint density at radius 2 is 0.533 bits per heavy atom. The third-order valence-electron chi connectivity index (χ3n) is 20.8. The van der Waals surface area contributed by atoms with E-state index >= 15 is 0 Å². The summed E-state index contributed by atoms with van der Waals surface area (Å²) in [6.45, 7) is 4.82. The van der Waals surface area contributed by atoms with Crippen LogP contribution in [0.3, 0.4) is 0 Å². The number of hydrogen-bond acceptors (Lipinski definition) is 7. The molecule has 0 aromatic carbocycles. The fourth-order valence-electron chi connectivity index (χ4n) is 13.8. The Balaban J connectivity index is 3.89. The first-order valence-corrected chi connectivity index (χ1v) is 46.4. The van der Waals surface area contributed by atoms with Gasteiger partial charge in [0.2, 0.25) is 0 Å². The lowest BCUT2D eigenvalue weighted by molar-refractivity contribution is -0.870. The number of rotatable bonds is 87. The van der Waals surface area contributed by atoms with Gasteiger partial charge in [-0.05, 0) is 96.3 Å². The first-order chi connectivity index (χ1) is 52.6. The monoisotopic (exact) mass is 1500 g/mol. The Morgan fingerprint density at radius 3 is 0.794 bits per heavy atom. The molecule has 9 heteroatoms. The molecule has 0 aromatic rings. The predicted molar refractivity (Wildman–Crippen MR) is 465 cm³/mol. The molecular weight excluding hydrogens is 1320 g/mol. The van der Waals surface area contributed by atoms with Crippen molar-refractivity contribution >= 4 is 17.9 Å². The van der Waals surface area contributed by atoms with E-state index in [0.717, 1.165) is 83.5 Å². The molecule has 0 bridgehead atoms. The summed E-state index contributed by atoms with van der Waals surface area (Å²) in [6, 6.07) is 0. The smallest absolute Gasteiger partial charge is 0.361 e. The molecule has 0 amide bonds. The molecular formula is C98H178NO8+. The summed E-state index contributed by atoms with van der Waals surface area (Å²) in [5.74, 6) is -1.97. The number of carboxylic acid groups (broad SMARTS) is 1. The van der Waals surface area contributed by atoms with Crippen molar-refractivity contribution in [2.24, 2.45) is 0 Å². The summed E-state index contributed by atoms with van der Waals surface area (Å²) in [4.78, 5) is 37.9. The van der Waals surface area contributed by atoms with Crippen molar-refractivity contribution in [2.45, 2.75) is 463 Å². The third kappa shape index (κ3) is 89.3. The number of likely N-dealkylation sites (N-methyl/N-ethyl adjacent to an activating group) is 1. The molecule has 0 aliphatic rings. The van der Waals surface area contributed by atoms with Crippen molar-refractivity contribution < 1.29 is 42.9 Å². The van der Waals surface area contributed by atoms with Gasteiger partial charge >= 0.3 is 17.9 Å². The minimum absolute atomic E-state index is 0.177. The molecule has 2 unspecified atom stereocenters. The molecule has 0 radical (unpaired) electrons. The second-order valence-electron chi connectivity index (χ2n) is 32.6. The zero-order valence-corrected chi connectivity index (χ0v) is 71.6. The summed E-state index contributed by atoms with van der Waals surface area (Å²) in [6.07, 6.45) is 121. The van der Waals surface area contributed by atoms with E-state index in [9.17, 15) is 19.5 Å². The highest BCUT2D eigenvalue weighted by Crippen LogP contribution is 2.21. The van der Waals surface area contributed by atoms with Gasteiger partial charge < -0.3 is 28.5 Å². The molecule has 0 saturated heterocycles. The van der Waals surface area contributed by atoms with Crippen LogP contribution in [0.25, 0.3) is 0 Å². The molecule has 0 aliphatic heterocycles. The van der Waals surface area contributed by atoms with E-state index in [1.165, 1.54) is 340 Å². The Hall–Kier alpha value is -3.79. The minimum Gasteiger partial charge on any atom is -0.477 e. The third-order valence-corrected chi connectivity index (χ3v) is 20.8. The summed E-state index contributed by atoms with van der Waals surface area (Å²) in [5.41, 5.74) is 0. The van der Waals surface area contributed by atoms with Crippen LogP contribution in [0.4, 0.5) is 0 Å². The maximum Gasteiger partial charge on any atom is 0.361 e. The lowest BCUT2D eigenvalue weighted by Gasteiger charge is -2.25. The van der Waals surface area contributed by atoms with Crippen LogP contribution in [-0.4, -0.2) is 87.4 Å². The van der Waals surface area contributed by atoms with Gasteiger partial charge in [-0.25, -0.2) is 4.79 Å². The highest BCUT2D eigenvalue weighted by molar-refractivity contribution is 5.71. The lowest BCUT2D eigenvalue weighted by Crippen LogP contribution is -2.40. The molecule has 0 aliphatic carbocycles. The number of ether oxygens (including phenoxy) is 4. The van der Waals surface area contributed by atoms with Gasteiger partial charge in [-0.1, -0.05) is 439 Å². The molecule has 0 aromatic heterocycles. The van der Waals surface area contributed by atoms with E-state index in [4.69, 9.17) is 18.9 Å². The molecule has 0 heterocycles. The zero-order valence-electron chi connectivity index (χ0n) is 71.6. The fourth-order valence-corrected chi connectivity index (χ4v) is 13.8. The predicted octanol–water partition coefficient (Wildman–Crippen LogP) is 30.6. The average molecular weight is 1500 g/mol. The molecule has 1 N–H and O–H groups in total. The number of nitrogens with zero attached hydrogens (tertiary/aromatic N) is 1. The quantitative estimate of drug-likeness (QED) is 0.0211. The summed E-state index contributed by atoms with van der Waals surface area (Å²) in [5, 5.41) is 9.80. The largest absolute Gasteiger partial charge is 0.477 e. The van der Waals surface area contributed by atoms with Crippen molar-refractivity contribution in [1.29, 1.82) is 0 Å². The van der Waals surface area contributed by atoms with Gasteiger partial charge in [0.1, 0.15) is 13.2 Å². The Morgan fingerprint density at radius 1 is 0.290 bits per heavy atom. The van der Waals surface area contributed by atoms with Gasteiger partial charge in [-0.2, -0.15) is 0 Å². The number of carboxylic acids is 1. The Kier molecular flexibility index (Phi) is 84.7. The number of unbranched alkanes of at least 4 members (excludes halogenated alkanes) is 56. The highest BCUT2D eigenvalue weighted by Gasteiger charge is 2.25. The van der Waals surface area contributed by atoms with Gasteiger partial charge in [0.15, 0.2) is 6.10 Å². The van der Waals surface area contributed by atoms with Crippen molar-refractivity contribution in [3.05, 3.63) is 97.2 Å². The number of carbonyl (C=O) groups excluding carboxylic acids is 2. The first-order valence-electron chi connectivity index (χ1n) is 46.4. The minimum atomic E-state index is -1.51. The number of allylic oxidation sites excluding steroid dienone is 16. The standard InChI is InChI=1S/C98H177NO8/c1-6-8-10-12-14-16-18-20-22-24-26-28-30-32-34-36-38-40-42-44-46-48-50-52-54-56-58-60-62-64-66-68-70-72-74-76-78-80-82-84-86-88-95(100)105-92-94(93-106-98(97(102)103)104-91-90-99(3,4)5)107-96(101)89-87-85-83-81-79-77-75-73-71-69-67-65-63-61-59-57-55-53-51-49-47-45-43-41-39-37-35-33-31-29-27-25-23-21-19-17-15-13-11-9-7-2/h9,11,15,17-18,20-21,23-24,26-27,29,33,35,39,41,94,98H,6-8,10,12-14,16,19,22,25,28,30-32,34,36-38,40,42-93H2,1-5H3/p+1/b11-9-,17-15-,20-18-,23-21-,26-24-,29-27-,35-33-,41-39-. The lowest BCUT2D eigenvalue weighted by atomic mass is 10.0. The van der Waals surface area contributed by atoms with Gasteiger partial charge in [-0.3, -0.25) is 9.59 Å². The Bertz CT molecular complexity index is 2100. The van der Waals surface area contributed by atoms with E-state index in [2.05, 4.69) is 111 Å². The van der Waals surface area contributed by atoms with Gasteiger partial charge in [0, 0.05) is 12.8 Å². The van der Waals surface area contributed by atoms with Crippen LogP contribution < -0.4 is 0 Å². The molecule has 0 spiro atoms. The molecule has 107 heavy (non-hydrogen) atoms. The van der Waals surface area contributed by atoms with Crippen LogP contribution >= 0.6 is 0 Å². The van der Waals surface area contributed by atoms with E-state index in [0.29, 0.717) is 17.4 Å². The maximum atomic E-state index is 13.0. The Labute approximate surface area is 664 Å². The summed E-state index contributed by atoms with van der Waals surface area (Å²) >= 11 is 0. The highest BCUT2D eigenvalue weighted by atomic mass is 16.7. The normalized spacial score (nSPS) is 13.0. The number of hydrogen-bond donors (Lipinski definition) is 1. The molecule has 0 rings (SSSR count). The molecule has 9 nitrogen and oxygen atoms in total. The van der Waals surface area contributed by atoms with E-state index in [1.54, 1.807) is 0 Å². The van der Waals surface area contributed by atoms with Crippen LogP contribution in [0.1, 0.15) is 450 Å². The molecule has 0 fully saturated rings. The van der Waals surface area contributed by atoms with Gasteiger partial charge in [-0.15, -0.1) is 0 Å². The summed E-state index contributed by atoms with van der Waals surface area (Å²) < 4.78 is 23.1. The van der Waals surface area contributed by atoms with Crippen molar-refractivity contribution in [2.75, 3.05) is 47.5 Å². The second-order valence-corrected chi connectivity index (χ2v) is 32.6. The number of aliphatic carboxylic acids is 1. The van der Waals surface area contributed by atoms with Gasteiger partial charge in [0.25, 0.3) is 6.29 Å². The maximum absolute atomic E-state index is 13.0. The van der Waals surface area contributed by atoms with Crippen LogP contribution in [0.5, 0.6) is 0 Å². The van der Waals surface area contributed by atoms with Crippen molar-refractivity contribution in [3.8, 4) is 0 Å². The van der Waals surface area contributed by atoms with Gasteiger partial charge in [0.05, 0.1) is 34.4 Å². The van der Waals surface area contributed by atoms with Crippen LogP contribution in [0.15, 0.2) is 97.2 Å². The van der Waals surface area contributed by atoms with Crippen molar-refractivity contribution in [3.63, 3.8) is 0 Å². The van der Waals surface area contributed by atoms with Crippen LogP contribution in [0.2, 0.25) is 0 Å². The zero-order chi connectivity index (χ0) is 77.4. The van der Waals surface area contributed by atoms with E-state index < -0.39 is 18.4 Å². The molecule has 0 saturated carbocycles. The fraction of sp³-hybridized carbons (Fsp3) is 0.806. The topological polar surface area (TPSA) is 108 Å². The van der Waals surface area contributed by atoms with Crippen molar-refractivity contribution in [1.82, 2.24) is 0 Å². The number of quaternary nitrogens is 1. The van der Waals surface area contributed by atoms with Crippen LogP contribution in [0, 0.1) is 0 Å². The number of carbonyl (C=O) groups is 3. The van der Waals surface area contributed by atoms with E-state index in [1.807, 2.05) is 21.1 Å². The van der Waals surface area contributed by atoms with E-state index in [-0.39, 0.29) is 38.2 Å². The first kappa shape index (κ1) is 103. The number of esters is 2. The van der Waals surface area contributed by atoms with Crippen LogP contribution in [-0.2, 0) is 33.3 Å².